The molecule has 0 atom stereocenters. The number of carboxylic acid groups (broad SMARTS) is 1. The van der Waals surface area contributed by atoms with Gasteiger partial charge in [-0.15, -0.1) is 0 Å². The van der Waals surface area contributed by atoms with Crippen LogP contribution in [0.3, 0.4) is 0 Å². The van der Waals surface area contributed by atoms with E-state index in [1.165, 1.54) is 30.9 Å². The van der Waals surface area contributed by atoms with E-state index in [-0.39, 0.29) is 39.9 Å². The minimum Gasteiger partial charge on any atom is -0.478 e. The molecule has 1 aromatic heterocycles. The number of fused-ring (bicyclic) bond motifs is 1. The number of nitrogens with one attached hydrogen (secondary N) is 2. The predicted molar refractivity (Wildman–Crippen MR) is 144 cm³/mol. The fraction of sp³-hybridized carbons (Fsp3) is 0.143. The highest BCUT2D eigenvalue weighted by atomic mass is 16.5. The van der Waals surface area contributed by atoms with Crippen LogP contribution < -0.4 is 15.5 Å². The fourth-order valence-electron chi connectivity index (χ4n) is 4.09. The van der Waals surface area contributed by atoms with Crippen molar-refractivity contribution in [3.05, 3.63) is 70.9 Å². The summed E-state index contributed by atoms with van der Waals surface area (Å²) >= 11 is 0. The van der Waals surface area contributed by atoms with Crippen LogP contribution in [0.15, 0.2) is 53.1 Å². The summed E-state index contributed by atoms with van der Waals surface area (Å²) in [6, 6.07) is 14.3. The Labute approximate surface area is 222 Å². The highest BCUT2D eigenvalue weighted by Gasteiger charge is 2.22. The van der Waals surface area contributed by atoms with Crippen molar-refractivity contribution in [3.63, 3.8) is 0 Å². The minimum absolute atomic E-state index is 0.0150. The number of carboxylic acids is 1. The van der Waals surface area contributed by atoms with Crippen molar-refractivity contribution in [2.24, 2.45) is 0 Å². The quantitative estimate of drug-likeness (QED) is 0.329. The first-order valence-electron chi connectivity index (χ1n) is 11.6. The number of rotatable bonds is 6. The van der Waals surface area contributed by atoms with E-state index < -0.39 is 11.9 Å². The van der Waals surface area contributed by atoms with Crippen molar-refractivity contribution < 1.29 is 28.8 Å². The normalized spacial score (nSPS) is 10.5. The lowest BCUT2D eigenvalue weighted by Gasteiger charge is -2.18. The van der Waals surface area contributed by atoms with Crippen molar-refractivity contribution in [3.8, 4) is 17.2 Å². The zero-order valence-corrected chi connectivity index (χ0v) is 21.4. The summed E-state index contributed by atoms with van der Waals surface area (Å²) in [5.41, 5.74) is 3.20. The molecule has 11 heteroatoms. The summed E-state index contributed by atoms with van der Waals surface area (Å²) < 4.78 is 5.38. The van der Waals surface area contributed by atoms with E-state index in [0.717, 1.165) is 17.2 Å². The molecule has 0 aliphatic heterocycles. The van der Waals surface area contributed by atoms with Crippen LogP contribution in [0.4, 0.5) is 17.1 Å². The van der Waals surface area contributed by atoms with Crippen molar-refractivity contribution in [2.45, 2.75) is 20.8 Å². The number of aryl methyl sites for hydroxylation is 1. The first-order chi connectivity index (χ1) is 18.5. The van der Waals surface area contributed by atoms with E-state index in [2.05, 4.69) is 15.8 Å². The second-order valence-corrected chi connectivity index (χ2v) is 8.82. The zero-order chi connectivity index (χ0) is 28.4. The summed E-state index contributed by atoms with van der Waals surface area (Å²) in [6.45, 7) is 4.68. The van der Waals surface area contributed by atoms with Crippen molar-refractivity contribution >= 4 is 51.7 Å². The maximum Gasteiger partial charge on any atom is 0.337 e. The van der Waals surface area contributed by atoms with Crippen molar-refractivity contribution in [1.29, 1.82) is 5.26 Å². The van der Waals surface area contributed by atoms with Gasteiger partial charge in [-0.05, 0) is 54.4 Å². The van der Waals surface area contributed by atoms with E-state index in [0.29, 0.717) is 22.3 Å². The van der Waals surface area contributed by atoms with Crippen LogP contribution in [0, 0.1) is 18.3 Å². The van der Waals surface area contributed by atoms with Gasteiger partial charge in [-0.3, -0.25) is 14.4 Å². The van der Waals surface area contributed by atoms with Gasteiger partial charge < -0.3 is 25.2 Å². The first kappa shape index (κ1) is 26.6. The Kier molecular flexibility index (Phi) is 7.13. The first-order valence-corrected chi connectivity index (χ1v) is 11.6. The van der Waals surface area contributed by atoms with Gasteiger partial charge in [0.2, 0.25) is 11.8 Å². The molecule has 4 aromatic rings. The molecule has 0 radical (unpaired) electrons. The molecule has 3 amide bonds. The lowest BCUT2D eigenvalue weighted by molar-refractivity contribution is -0.116. The van der Waals surface area contributed by atoms with Gasteiger partial charge in [0, 0.05) is 38.2 Å². The van der Waals surface area contributed by atoms with Crippen molar-refractivity contribution in [1.82, 2.24) is 5.16 Å². The molecule has 0 aliphatic rings. The maximum absolute atomic E-state index is 13.2. The Morgan fingerprint density at radius 2 is 1.72 bits per heavy atom. The van der Waals surface area contributed by atoms with Gasteiger partial charge in [0.15, 0.2) is 11.3 Å². The maximum atomic E-state index is 13.2. The van der Waals surface area contributed by atoms with Crippen LogP contribution in [0.1, 0.15) is 45.8 Å². The fourth-order valence-corrected chi connectivity index (χ4v) is 4.09. The molecule has 4 rings (SSSR count). The van der Waals surface area contributed by atoms with Crippen LogP contribution in [0.2, 0.25) is 0 Å². The standard InChI is InChI=1S/C28H23N5O6/c1-14-9-18(33(4)16(3)35)6-7-19(14)20-11-22-25(12-24(20)30-15(2)34)39-32-26(22)27(36)31-23-8-5-17(13-29)10-21(23)28(37)38/h5-12H,1-4H3,(H,30,34)(H,31,36)(H,37,38). The number of aromatic carboxylic acids is 1. The van der Waals surface area contributed by atoms with Gasteiger partial charge in [-0.25, -0.2) is 4.79 Å². The number of carbonyl (C=O) groups is 4. The molecule has 3 N–H and O–H groups in total. The molecule has 0 spiro atoms. The highest BCUT2D eigenvalue weighted by Crippen LogP contribution is 2.37. The number of hydrogen-bond donors (Lipinski definition) is 3. The van der Waals surface area contributed by atoms with Gasteiger partial charge in [0.25, 0.3) is 5.91 Å². The summed E-state index contributed by atoms with van der Waals surface area (Å²) in [5.74, 6) is -2.49. The summed E-state index contributed by atoms with van der Waals surface area (Å²) in [5, 5.41) is 28.1. The SMILES string of the molecule is CC(=O)Nc1cc2onc(C(=O)Nc3ccc(C#N)cc3C(=O)O)c2cc1-c1ccc(N(C)C(C)=O)cc1C. The van der Waals surface area contributed by atoms with Gasteiger partial charge in [0.05, 0.1) is 34.0 Å². The molecule has 1 heterocycles. The predicted octanol–water partition coefficient (Wildman–Crippen LogP) is 4.57. The second kappa shape index (κ2) is 10.5. The van der Waals surface area contributed by atoms with E-state index in [1.807, 2.05) is 19.1 Å². The summed E-state index contributed by atoms with van der Waals surface area (Å²) in [7, 11) is 1.66. The number of amides is 3. The second-order valence-electron chi connectivity index (χ2n) is 8.82. The van der Waals surface area contributed by atoms with Gasteiger partial charge in [0.1, 0.15) is 0 Å². The van der Waals surface area contributed by atoms with E-state index in [1.54, 1.807) is 31.3 Å². The molecular formula is C28H23N5O6. The molecule has 11 nitrogen and oxygen atoms in total. The third-order valence-electron chi connectivity index (χ3n) is 6.12. The third-order valence-corrected chi connectivity index (χ3v) is 6.12. The number of aromatic nitrogens is 1. The molecular weight excluding hydrogens is 502 g/mol. The summed E-state index contributed by atoms with van der Waals surface area (Å²) in [6.07, 6.45) is 0. The minimum atomic E-state index is -1.32. The lowest BCUT2D eigenvalue weighted by atomic mass is 9.96. The third kappa shape index (κ3) is 5.30. The molecule has 0 unspecified atom stereocenters. The number of benzene rings is 3. The van der Waals surface area contributed by atoms with Crippen LogP contribution >= 0.6 is 0 Å². The van der Waals surface area contributed by atoms with Crippen LogP contribution in [-0.2, 0) is 9.59 Å². The Morgan fingerprint density at radius 3 is 2.33 bits per heavy atom. The van der Waals surface area contributed by atoms with Crippen LogP contribution in [-0.4, -0.2) is 41.0 Å². The molecule has 0 fully saturated rings. The molecule has 0 saturated heterocycles. The Hall–Kier alpha value is -5.50. The topological polar surface area (TPSA) is 166 Å². The Balaban J connectivity index is 1.81. The lowest BCUT2D eigenvalue weighted by Crippen LogP contribution is -2.22. The van der Waals surface area contributed by atoms with Crippen molar-refractivity contribution in [2.75, 3.05) is 22.6 Å². The number of nitriles is 1. The molecule has 0 bridgehead atoms. The number of hydrogen-bond acceptors (Lipinski definition) is 7. The smallest absolute Gasteiger partial charge is 0.337 e. The largest absolute Gasteiger partial charge is 0.478 e. The average Bonchev–Trinajstić information content (AvgIpc) is 3.30. The van der Waals surface area contributed by atoms with Gasteiger partial charge >= 0.3 is 5.97 Å². The number of carbonyl (C=O) groups excluding carboxylic acids is 3. The molecule has 0 aliphatic carbocycles. The number of nitrogens with zero attached hydrogens (tertiary/aromatic N) is 3. The van der Waals surface area contributed by atoms with E-state index in [4.69, 9.17) is 9.78 Å². The molecule has 39 heavy (non-hydrogen) atoms. The van der Waals surface area contributed by atoms with E-state index in [9.17, 15) is 24.3 Å². The van der Waals surface area contributed by atoms with Gasteiger partial charge in [-0.1, -0.05) is 11.2 Å². The highest BCUT2D eigenvalue weighted by molar-refractivity contribution is 6.14. The summed E-state index contributed by atoms with van der Waals surface area (Å²) in [4.78, 5) is 50.1. The Morgan fingerprint density at radius 1 is 0.974 bits per heavy atom. The zero-order valence-electron chi connectivity index (χ0n) is 21.4. The monoisotopic (exact) mass is 525 g/mol. The van der Waals surface area contributed by atoms with Crippen LogP contribution in [0.5, 0.6) is 0 Å². The van der Waals surface area contributed by atoms with Crippen LogP contribution in [0.25, 0.3) is 22.1 Å². The van der Waals surface area contributed by atoms with E-state index >= 15 is 0 Å². The average molecular weight is 526 g/mol. The number of anilines is 3. The van der Waals surface area contributed by atoms with Gasteiger partial charge in [-0.2, -0.15) is 5.26 Å². The Bertz CT molecular complexity index is 1720. The molecule has 196 valence electrons. The molecule has 0 saturated carbocycles. The molecule has 3 aromatic carbocycles.